The average molecular weight is 250 g/mol. The maximum atomic E-state index is 12.2. The van der Waals surface area contributed by atoms with Gasteiger partial charge in [0.15, 0.2) is 0 Å². The van der Waals surface area contributed by atoms with Crippen LogP contribution in [-0.2, 0) is 11.3 Å². The first-order valence-corrected chi connectivity index (χ1v) is 6.63. The van der Waals surface area contributed by atoms with E-state index in [2.05, 4.69) is 0 Å². The fraction of sp³-hybridized carbons (Fsp3) is 0.643. The van der Waals surface area contributed by atoms with Crippen LogP contribution in [0.25, 0.3) is 0 Å². The molecular formula is C14H22N2O2. The van der Waals surface area contributed by atoms with Gasteiger partial charge in [-0.15, -0.1) is 0 Å². The molecular weight excluding hydrogens is 228 g/mol. The molecule has 2 N–H and O–H groups in total. The molecule has 0 saturated heterocycles. The number of nitrogens with two attached hydrogens (primary N) is 1. The molecule has 1 aromatic heterocycles. The van der Waals surface area contributed by atoms with E-state index in [1.807, 2.05) is 13.1 Å². The van der Waals surface area contributed by atoms with E-state index >= 15 is 0 Å². The first-order chi connectivity index (χ1) is 8.59. The van der Waals surface area contributed by atoms with Crippen molar-refractivity contribution in [3.63, 3.8) is 0 Å². The zero-order valence-corrected chi connectivity index (χ0v) is 11.0. The predicted molar refractivity (Wildman–Crippen MR) is 69.8 cm³/mol. The summed E-state index contributed by atoms with van der Waals surface area (Å²) in [5.41, 5.74) is 7.04. The van der Waals surface area contributed by atoms with Gasteiger partial charge >= 0.3 is 0 Å². The van der Waals surface area contributed by atoms with Gasteiger partial charge in [-0.3, -0.25) is 4.79 Å². The van der Waals surface area contributed by atoms with E-state index in [9.17, 15) is 4.79 Å². The number of nitrogens with zero attached hydrogens (tertiary/aromatic N) is 1. The molecule has 4 heteroatoms. The first kappa shape index (κ1) is 13.1. The van der Waals surface area contributed by atoms with Gasteiger partial charge < -0.3 is 15.1 Å². The van der Waals surface area contributed by atoms with Crippen molar-refractivity contribution in [2.45, 2.75) is 50.6 Å². The summed E-state index contributed by atoms with van der Waals surface area (Å²) in [5.74, 6) is 0.126. The van der Waals surface area contributed by atoms with E-state index in [-0.39, 0.29) is 11.4 Å². The molecule has 1 aromatic rings. The lowest BCUT2D eigenvalue weighted by atomic mass is 9.80. The summed E-state index contributed by atoms with van der Waals surface area (Å²) in [4.78, 5) is 13.9. The van der Waals surface area contributed by atoms with Gasteiger partial charge in [0.05, 0.1) is 12.5 Å². The van der Waals surface area contributed by atoms with Gasteiger partial charge in [-0.05, 0) is 18.9 Å². The van der Waals surface area contributed by atoms with Crippen LogP contribution in [0.15, 0.2) is 23.0 Å². The second-order valence-electron chi connectivity index (χ2n) is 5.48. The Morgan fingerprint density at radius 3 is 2.78 bits per heavy atom. The molecule has 1 aliphatic rings. The third-order valence-corrected chi connectivity index (χ3v) is 3.78. The number of carbonyl (C=O) groups is 1. The van der Waals surface area contributed by atoms with E-state index in [4.69, 9.17) is 10.2 Å². The Morgan fingerprint density at radius 1 is 1.44 bits per heavy atom. The number of hydrogen-bond acceptors (Lipinski definition) is 3. The van der Waals surface area contributed by atoms with Crippen LogP contribution in [0.3, 0.4) is 0 Å². The molecule has 0 aliphatic heterocycles. The zero-order chi connectivity index (χ0) is 13.0. The standard InChI is InChI=1S/C14H22N2O2/c1-16(10-12-5-8-18-11-12)13(17)9-14(15)6-3-2-4-7-14/h5,8,11H,2-4,6-7,9-10,15H2,1H3. The van der Waals surface area contributed by atoms with Crippen LogP contribution in [0, 0.1) is 0 Å². The minimum atomic E-state index is -0.278. The molecule has 0 atom stereocenters. The van der Waals surface area contributed by atoms with E-state index in [0.29, 0.717) is 13.0 Å². The Hall–Kier alpha value is -1.29. The quantitative estimate of drug-likeness (QED) is 0.892. The fourth-order valence-electron chi connectivity index (χ4n) is 2.61. The van der Waals surface area contributed by atoms with Crippen LogP contribution in [-0.4, -0.2) is 23.4 Å². The Labute approximate surface area is 108 Å². The molecule has 0 aromatic carbocycles. The zero-order valence-electron chi connectivity index (χ0n) is 11.0. The largest absolute Gasteiger partial charge is 0.472 e. The van der Waals surface area contributed by atoms with Gasteiger partial charge in [-0.1, -0.05) is 19.3 Å². The molecule has 18 heavy (non-hydrogen) atoms. The second kappa shape index (κ2) is 5.57. The molecule has 0 radical (unpaired) electrons. The summed E-state index contributed by atoms with van der Waals surface area (Å²) < 4.78 is 5.00. The number of furan rings is 1. The maximum absolute atomic E-state index is 12.2. The third kappa shape index (κ3) is 3.35. The van der Waals surface area contributed by atoms with Crippen LogP contribution in [0.4, 0.5) is 0 Å². The molecule has 1 aliphatic carbocycles. The summed E-state index contributed by atoms with van der Waals surface area (Å²) in [5, 5.41) is 0. The van der Waals surface area contributed by atoms with Gasteiger partial charge in [-0.25, -0.2) is 0 Å². The normalized spacial score (nSPS) is 18.6. The van der Waals surface area contributed by atoms with E-state index in [0.717, 1.165) is 31.2 Å². The van der Waals surface area contributed by atoms with Crippen LogP contribution < -0.4 is 5.73 Å². The van der Waals surface area contributed by atoms with Crippen molar-refractivity contribution in [3.8, 4) is 0 Å². The second-order valence-corrected chi connectivity index (χ2v) is 5.48. The summed E-state index contributed by atoms with van der Waals surface area (Å²) in [6, 6.07) is 1.88. The first-order valence-electron chi connectivity index (χ1n) is 6.63. The monoisotopic (exact) mass is 250 g/mol. The van der Waals surface area contributed by atoms with Gasteiger partial charge in [0.1, 0.15) is 0 Å². The van der Waals surface area contributed by atoms with Crippen molar-refractivity contribution in [1.29, 1.82) is 0 Å². The maximum Gasteiger partial charge on any atom is 0.224 e. The van der Waals surface area contributed by atoms with Crippen molar-refractivity contribution in [2.24, 2.45) is 5.73 Å². The minimum Gasteiger partial charge on any atom is -0.472 e. The molecule has 0 bridgehead atoms. The lowest BCUT2D eigenvalue weighted by Gasteiger charge is -2.34. The summed E-state index contributed by atoms with van der Waals surface area (Å²) in [7, 11) is 1.82. The van der Waals surface area contributed by atoms with E-state index in [1.54, 1.807) is 17.4 Å². The lowest BCUT2D eigenvalue weighted by molar-refractivity contribution is -0.132. The topological polar surface area (TPSA) is 59.5 Å². The molecule has 0 unspecified atom stereocenters. The smallest absolute Gasteiger partial charge is 0.224 e. The number of rotatable bonds is 4. The summed E-state index contributed by atoms with van der Waals surface area (Å²) >= 11 is 0. The summed E-state index contributed by atoms with van der Waals surface area (Å²) in [6.07, 6.45) is 9.24. The molecule has 100 valence electrons. The lowest BCUT2D eigenvalue weighted by Crippen LogP contribution is -2.46. The van der Waals surface area contributed by atoms with Gasteiger partial charge in [-0.2, -0.15) is 0 Å². The molecule has 0 spiro atoms. The van der Waals surface area contributed by atoms with Crippen LogP contribution in [0.5, 0.6) is 0 Å². The highest BCUT2D eigenvalue weighted by atomic mass is 16.3. The molecule has 2 rings (SSSR count). The van der Waals surface area contributed by atoms with Crippen molar-refractivity contribution < 1.29 is 9.21 Å². The molecule has 1 saturated carbocycles. The highest BCUT2D eigenvalue weighted by Gasteiger charge is 2.31. The fourth-order valence-corrected chi connectivity index (χ4v) is 2.61. The van der Waals surface area contributed by atoms with Gasteiger partial charge in [0, 0.05) is 31.1 Å². The highest BCUT2D eigenvalue weighted by molar-refractivity contribution is 5.77. The Morgan fingerprint density at radius 2 is 2.17 bits per heavy atom. The Balaban J connectivity index is 1.86. The molecule has 1 heterocycles. The van der Waals surface area contributed by atoms with Crippen molar-refractivity contribution in [1.82, 2.24) is 4.90 Å². The molecule has 1 fully saturated rings. The molecule has 4 nitrogen and oxygen atoms in total. The average Bonchev–Trinajstić information content (AvgIpc) is 2.82. The molecule has 1 amide bonds. The minimum absolute atomic E-state index is 0.126. The van der Waals surface area contributed by atoms with Crippen molar-refractivity contribution >= 4 is 5.91 Å². The van der Waals surface area contributed by atoms with Crippen molar-refractivity contribution in [3.05, 3.63) is 24.2 Å². The number of amides is 1. The van der Waals surface area contributed by atoms with Gasteiger partial charge in [0.25, 0.3) is 0 Å². The van der Waals surface area contributed by atoms with Gasteiger partial charge in [0.2, 0.25) is 5.91 Å². The predicted octanol–water partition coefficient (Wildman–Crippen LogP) is 2.29. The number of hydrogen-bond donors (Lipinski definition) is 1. The number of carbonyl (C=O) groups excluding carboxylic acids is 1. The van der Waals surface area contributed by atoms with Crippen LogP contribution in [0.1, 0.15) is 44.1 Å². The van der Waals surface area contributed by atoms with Crippen LogP contribution >= 0.6 is 0 Å². The van der Waals surface area contributed by atoms with E-state index in [1.165, 1.54) is 6.42 Å². The Bertz CT molecular complexity index is 381. The van der Waals surface area contributed by atoms with Crippen molar-refractivity contribution in [2.75, 3.05) is 7.05 Å². The van der Waals surface area contributed by atoms with E-state index < -0.39 is 0 Å². The SMILES string of the molecule is CN(Cc1ccoc1)C(=O)CC1(N)CCCCC1. The van der Waals surface area contributed by atoms with Crippen LogP contribution in [0.2, 0.25) is 0 Å². The highest BCUT2D eigenvalue weighted by Crippen LogP contribution is 2.29. The third-order valence-electron chi connectivity index (χ3n) is 3.78. The Kier molecular flexibility index (Phi) is 4.07. The summed E-state index contributed by atoms with van der Waals surface area (Å²) in [6.45, 7) is 0.589.